The fraction of sp³-hybridized carbons (Fsp3) is 0.611. The van der Waals surface area contributed by atoms with E-state index in [4.69, 9.17) is 25.8 Å². The van der Waals surface area contributed by atoms with Crippen LogP contribution in [0.4, 0.5) is 4.39 Å². The molecule has 0 aromatic heterocycles. The van der Waals surface area contributed by atoms with Crippen molar-refractivity contribution in [1.29, 1.82) is 0 Å². The van der Waals surface area contributed by atoms with Gasteiger partial charge in [0, 0.05) is 12.5 Å². The first kappa shape index (κ1) is 17.8. The Balaban J connectivity index is 1.60. The van der Waals surface area contributed by atoms with Gasteiger partial charge in [0.15, 0.2) is 5.82 Å². The highest BCUT2D eigenvalue weighted by Crippen LogP contribution is 2.29. The number of rotatable bonds is 3. The van der Waals surface area contributed by atoms with Crippen LogP contribution in [0.15, 0.2) is 12.1 Å². The first-order valence-corrected chi connectivity index (χ1v) is 8.68. The van der Waals surface area contributed by atoms with Crippen molar-refractivity contribution in [3.8, 4) is 0 Å². The quantitative estimate of drug-likeness (QED) is 0.773. The van der Waals surface area contributed by atoms with Gasteiger partial charge in [-0.25, -0.2) is 4.39 Å². The number of ether oxygens (including phenoxy) is 3. The maximum absolute atomic E-state index is 14.2. The number of Topliss-reactive ketones (excluding diaryl/α,β-unsaturated/α-hetero) is 1. The van der Waals surface area contributed by atoms with Gasteiger partial charge in [-0.15, -0.1) is 0 Å². The number of carbonyl (C=O) groups is 1. The average molecular weight is 357 g/mol. The van der Waals surface area contributed by atoms with Crippen molar-refractivity contribution in [2.75, 3.05) is 19.8 Å². The highest BCUT2D eigenvalue weighted by atomic mass is 35.5. The summed E-state index contributed by atoms with van der Waals surface area (Å²) in [5.41, 5.74) is 0.483. The second-order valence-electron chi connectivity index (χ2n) is 6.74. The smallest absolute Gasteiger partial charge is 0.222 e. The topological polar surface area (TPSA) is 44.8 Å². The summed E-state index contributed by atoms with van der Waals surface area (Å²) in [6.45, 7) is 5.34. The largest absolute Gasteiger partial charge is 0.377 e. The number of hydrogen-bond donors (Lipinski definition) is 0. The van der Waals surface area contributed by atoms with E-state index in [0.717, 1.165) is 19.4 Å². The lowest BCUT2D eigenvalue weighted by Gasteiger charge is -2.36. The van der Waals surface area contributed by atoms with E-state index in [-0.39, 0.29) is 22.6 Å². The molecule has 0 aliphatic carbocycles. The molecule has 132 valence electrons. The van der Waals surface area contributed by atoms with Crippen LogP contribution in [0.1, 0.15) is 35.7 Å². The van der Waals surface area contributed by atoms with E-state index in [9.17, 15) is 9.18 Å². The van der Waals surface area contributed by atoms with E-state index < -0.39 is 17.9 Å². The van der Waals surface area contributed by atoms with Crippen LogP contribution in [0.3, 0.4) is 0 Å². The van der Waals surface area contributed by atoms with Crippen LogP contribution in [0, 0.1) is 24.6 Å². The lowest BCUT2D eigenvalue weighted by molar-refractivity contribution is -0.200. The van der Waals surface area contributed by atoms with Crippen molar-refractivity contribution < 1.29 is 23.4 Å². The predicted molar refractivity (Wildman–Crippen MR) is 87.8 cm³/mol. The number of ketones is 1. The molecule has 3 rings (SSSR count). The van der Waals surface area contributed by atoms with E-state index in [1.165, 1.54) is 6.07 Å². The molecular formula is C18H22ClFO4. The Hall–Kier alpha value is -1.01. The number of hydrogen-bond acceptors (Lipinski definition) is 4. The van der Waals surface area contributed by atoms with Crippen molar-refractivity contribution in [2.24, 2.45) is 11.8 Å². The fourth-order valence-electron chi connectivity index (χ4n) is 3.12. The zero-order valence-corrected chi connectivity index (χ0v) is 14.6. The molecule has 0 saturated carbocycles. The third kappa shape index (κ3) is 3.64. The summed E-state index contributed by atoms with van der Waals surface area (Å²) >= 11 is 5.88. The summed E-state index contributed by atoms with van der Waals surface area (Å²) in [6.07, 6.45) is 1.11. The second kappa shape index (κ2) is 7.48. The molecule has 1 aromatic carbocycles. The first-order valence-electron chi connectivity index (χ1n) is 8.31. The van der Waals surface area contributed by atoms with Gasteiger partial charge in [0.2, 0.25) is 12.1 Å². The molecule has 0 N–H and O–H groups in total. The zero-order chi connectivity index (χ0) is 17.3. The molecule has 1 aromatic rings. The van der Waals surface area contributed by atoms with Gasteiger partial charge in [-0.2, -0.15) is 0 Å². The molecule has 2 heterocycles. The van der Waals surface area contributed by atoms with Gasteiger partial charge in [0.05, 0.1) is 29.9 Å². The molecule has 24 heavy (non-hydrogen) atoms. The third-order valence-electron chi connectivity index (χ3n) is 4.74. The van der Waals surface area contributed by atoms with Gasteiger partial charge in [-0.3, -0.25) is 4.79 Å². The third-order valence-corrected chi connectivity index (χ3v) is 5.21. The number of benzene rings is 1. The van der Waals surface area contributed by atoms with E-state index in [2.05, 4.69) is 6.92 Å². The van der Waals surface area contributed by atoms with E-state index >= 15 is 0 Å². The van der Waals surface area contributed by atoms with Gasteiger partial charge in [0.1, 0.15) is 0 Å². The molecule has 2 aliphatic heterocycles. The summed E-state index contributed by atoms with van der Waals surface area (Å²) in [5, 5.41) is -0.0424. The molecule has 1 unspecified atom stereocenters. The normalized spacial score (nSPS) is 31.0. The fourth-order valence-corrected chi connectivity index (χ4v) is 3.29. The Morgan fingerprint density at radius 1 is 1.17 bits per heavy atom. The number of aryl methyl sites for hydroxylation is 1. The summed E-state index contributed by atoms with van der Waals surface area (Å²) in [7, 11) is 0. The average Bonchev–Trinajstić information content (AvgIpc) is 2.60. The molecule has 4 nitrogen and oxygen atoms in total. The Kier molecular flexibility index (Phi) is 5.55. The maximum atomic E-state index is 14.2. The molecule has 2 aliphatic rings. The summed E-state index contributed by atoms with van der Waals surface area (Å²) in [4.78, 5) is 12.4. The standard InChI is InChI=1S/C18H22ClFO4/c1-10-3-6-14(22-7-10)12-8-23-18(24-9-12)17(21)13-5-4-11(2)15(19)16(13)20/h4-5,10,12,14,18H,3,6-9H2,1-2H3/t10?,12?,14-,18?/m0/s1. The van der Waals surface area contributed by atoms with Crippen LogP contribution in [-0.4, -0.2) is 38.0 Å². The summed E-state index contributed by atoms with van der Waals surface area (Å²) < 4.78 is 31.1. The van der Waals surface area contributed by atoms with Crippen LogP contribution in [0.2, 0.25) is 5.02 Å². The highest BCUT2D eigenvalue weighted by Gasteiger charge is 2.35. The van der Waals surface area contributed by atoms with Crippen LogP contribution >= 0.6 is 11.6 Å². The van der Waals surface area contributed by atoms with Crippen LogP contribution < -0.4 is 0 Å². The molecule has 2 fully saturated rings. The minimum Gasteiger partial charge on any atom is -0.377 e. The monoisotopic (exact) mass is 356 g/mol. The number of carbonyl (C=O) groups excluding carboxylic acids is 1. The second-order valence-corrected chi connectivity index (χ2v) is 7.11. The molecule has 6 heteroatoms. The SMILES string of the molecule is Cc1ccc(C(=O)C2OCC([C@@H]3CCC(C)CO3)CO2)c(F)c1Cl. The van der Waals surface area contributed by atoms with Gasteiger partial charge in [-0.1, -0.05) is 24.6 Å². The van der Waals surface area contributed by atoms with Crippen molar-refractivity contribution in [3.05, 3.63) is 34.1 Å². The maximum Gasteiger partial charge on any atom is 0.222 e. The number of halogens is 2. The Bertz CT molecular complexity index is 605. The van der Waals surface area contributed by atoms with Crippen molar-refractivity contribution >= 4 is 17.4 Å². The van der Waals surface area contributed by atoms with Crippen molar-refractivity contribution in [3.63, 3.8) is 0 Å². The Morgan fingerprint density at radius 3 is 2.50 bits per heavy atom. The molecule has 0 spiro atoms. The van der Waals surface area contributed by atoms with Gasteiger partial charge >= 0.3 is 0 Å². The van der Waals surface area contributed by atoms with Crippen LogP contribution in [0.25, 0.3) is 0 Å². The molecule has 0 amide bonds. The highest BCUT2D eigenvalue weighted by molar-refractivity contribution is 6.32. The molecular weight excluding hydrogens is 335 g/mol. The minimum atomic E-state index is -1.09. The molecule has 0 bridgehead atoms. The van der Waals surface area contributed by atoms with Gasteiger partial charge < -0.3 is 14.2 Å². The summed E-state index contributed by atoms with van der Waals surface area (Å²) in [5.74, 6) is -0.574. The minimum absolute atomic E-state index is 0.0424. The van der Waals surface area contributed by atoms with Gasteiger partial charge in [0.25, 0.3) is 0 Å². The van der Waals surface area contributed by atoms with Crippen molar-refractivity contribution in [2.45, 2.75) is 39.1 Å². The molecule has 2 saturated heterocycles. The Morgan fingerprint density at radius 2 is 1.88 bits per heavy atom. The first-order chi connectivity index (χ1) is 11.5. The predicted octanol–water partition coefficient (Wildman–Crippen LogP) is 3.77. The van der Waals surface area contributed by atoms with Crippen LogP contribution in [0.5, 0.6) is 0 Å². The van der Waals surface area contributed by atoms with E-state index in [1.807, 2.05) is 0 Å². The van der Waals surface area contributed by atoms with Gasteiger partial charge in [-0.05, 0) is 37.3 Å². The van der Waals surface area contributed by atoms with Crippen molar-refractivity contribution in [1.82, 2.24) is 0 Å². The zero-order valence-electron chi connectivity index (χ0n) is 13.9. The molecule has 0 radical (unpaired) electrons. The summed E-state index contributed by atoms with van der Waals surface area (Å²) in [6, 6.07) is 3.03. The lowest BCUT2D eigenvalue weighted by atomic mass is 9.92. The molecule has 2 atom stereocenters. The van der Waals surface area contributed by atoms with E-state index in [0.29, 0.717) is 24.7 Å². The lowest BCUT2D eigenvalue weighted by Crippen LogP contribution is -2.44. The van der Waals surface area contributed by atoms with E-state index in [1.54, 1.807) is 13.0 Å². The van der Waals surface area contributed by atoms with Crippen LogP contribution in [-0.2, 0) is 14.2 Å². The Labute approximate surface area is 146 Å².